The van der Waals surface area contributed by atoms with Crippen LogP contribution in [0, 0.1) is 0 Å². The van der Waals surface area contributed by atoms with E-state index in [4.69, 9.17) is 0 Å². The molecule has 1 aromatic carbocycles. The van der Waals surface area contributed by atoms with Crippen LogP contribution >= 0.6 is 0 Å². The molecule has 0 amide bonds. The summed E-state index contributed by atoms with van der Waals surface area (Å²) in [6, 6.07) is 10.5. The Bertz CT molecular complexity index is 1310. The summed E-state index contributed by atoms with van der Waals surface area (Å²) in [7, 11) is -3.67. The van der Waals surface area contributed by atoms with Crippen molar-refractivity contribution in [1.82, 2.24) is 19.6 Å². The maximum absolute atomic E-state index is 12.9. The lowest BCUT2D eigenvalue weighted by molar-refractivity contribution is -0.137. The average molecular weight is 406 g/mol. The molecule has 144 valence electrons. The number of benzene rings is 1. The highest BCUT2D eigenvalue weighted by Crippen LogP contribution is 2.31. The van der Waals surface area contributed by atoms with Crippen LogP contribution in [0.15, 0.2) is 53.6 Å². The number of nitrogens with zero attached hydrogens (tertiary/aromatic N) is 4. The molecule has 0 fully saturated rings. The molecule has 0 aliphatic carbocycles. The van der Waals surface area contributed by atoms with Crippen molar-refractivity contribution in [3.8, 4) is 11.5 Å². The van der Waals surface area contributed by atoms with E-state index in [1.807, 2.05) is 0 Å². The molecule has 28 heavy (non-hydrogen) atoms. The molecule has 0 spiro atoms. The van der Waals surface area contributed by atoms with Gasteiger partial charge in [0.15, 0.2) is 15.5 Å². The van der Waals surface area contributed by atoms with Crippen molar-refractivity contribution in [2.45, 2.75) is 18.0 Å². The largest absolute Gasteiger partial charge is 0.417 e. The molecule has 0 N–H and O–H groups in total. The lowest BCUT2D eigenvalue weighted by atomic mass is 10.2. The van der Waals surface area contributed by atoms with Gasteiger partial charge in [-0.25, -0.2) is 22.9 Å². The molecule has 0 saturated carbocycles. The van der Waals surface area contributed by atoms with Crippen LogP contribution in [0.2, 0.25) is 0 Å². The van der Waals surface area contributed by atoms with Crippen molar-refractivity contribution in [3.05, 3.63) is 54.2 Å². The topological polar surface area (TPSA) is 77.2 Å². The van der Waals surface area contributed by atoms with Crippen molar-refractivity contribution >= 4 is 26.4 Å². The first-order chi connectivity index (χ1) is 13.2. The first kappa shape index (κ1) is 18.4. The van der Waals surface area contributed by atoms with Crippen molar-refractivity contribution in [1.29, 1.82) is 0 Å². The second kappa shape index (κ2) is 6.26. The Labute approximate surface area is 157 Å². The van der Waals surface area contributed by atoms with E-state index in [0.29, 0.717) is 10.9 Å². The molecule has 0 aliphatic heterocycles. The summed E-state index contributed by atoms with van der Waals surface area (Å²) in [4.78, 5) is 8.51. The number of hydrogen-bond acceptors (Lipinski definition) is 5. The molecule has 0 unspecified atom stereocenters. The molecule has 6 nitrogen and oxygen atoms in total. The molecular formula is C18H13F3N4O2S. The highest BCUT2D eigenvalue weighted by molar-refractivity contribution is 7.91. The summed E-state index contributed by atoms with van der Waals surface area (Å²) in [5, 5.41) is 4.68. The fourth-order valence-corrected chi connectivity index (χ4v) is 3.85. The van der Waals surface area contributed by atoms with E-state index < -0.39 is 21.6 Å². The zero-order chi connectivity index (χ0) is 20.1. The van der Waals surface area contributed by atoms with Crippen LogP contribution in [-0.2, 0) is 16.0 Å². The van der Waals surface area contributed by atoms with E-state index in [2.05, 4.69) is 15.1 Å². The Morgan fingerprint density at radius 1 is 1.07 bits per heavy atom. The fraction of sp³-hybridized carbons (Fsp3) is 0.167. The van der Waals surface area contributed by atoms with Gasteiger partial charge in [0.25, 0.3) is 0 Å². The van der Waals surface area contributed by atoms with Crippen molar-refractivity contribution in [2.24, 2.45) is 0 Å². The zero-order valence-electron chi connectivity index (χ0n) is 14.5. The molecule has 0 atom stereocenters. The third-order valence-corrected chi connectivity index (χ3v) is 6.02. The number of para-hydroxylation sites is 1. The highest BCUT2D eigenvalue weighted by Gasteiger charge is 2.31. The second-order valence-electron chi connectivity index (χ2n) is 6.08. The molecule has 3 heterocycles. The molecule has 3 aromatic heterocycles. The standard InChI is InChI=1S/C18H13F3N4O2S/c1-2-28(26,27)14-9-11-5-3-4-6-13(11)22-16(14)17-23-15-8-7-12(18(19,20)21)10-25(15)24-17/h3-10H,2H2,1H3. The van der Waals surface area contributed by atoms with E-state index in [9.17, 15) is 21.6 Å². The number of sulfone groups is 1. The minimum absolute atomic E-state index is 0.0119. The van der Waals surface area contributed by atoms with Crippen LogP contribution in [0.25, 0.3) is 28.1 Å². The minimum atomic E-state index is -4.53. The normalized spacial score (nSPS) is 12.7. The first-order valence-corrected chi connectivity index (χ1v) is 9.91. The first-order valence-electron chi connectivity index (χ1n) is 8.25. The number of fused-ring (bicyclic) bond motifs is 2. The van der Waals surface area contributed by atoms with Gasteiger partial charge in [-0.15, -0.1) is 5.10 Å². The minimum Gasteiger partial charge on any atom is -0.243 e. The molecule has 4 aromatic rings. The highest BCUT2D eigenvalue weighted by atomic mass is 32.2. The zero-order valence-corrected chi connectivity index (χ0v) is 15.3. The third kappa shape index (κ3) is 3.09. The molecule has 4 rings (SSSR count). The maximum atomic E-state index is 12.9. The van der Waals surface area contributed by atoms with Crippen LogP contribution in [0.1, 0.15) is 12.5 Å². The van der Waals surface area contributed by atoms with Gasteiger partial charge in [0.1, 0.15) is 5.69 Å². The summed E-state index contributed by atoms with van der Waals surface area (Å²) in [6.45, 7) is 1.50. The Morgan fingerprint density at radius 3 is 2.54 bits per heavy atom. The van der Waals surface area contributed by atoms with E-state index in [1.54, 1.807) is 24.3 Å². The molecular weight excluding hydrogens is 393 g/mol. The number of pyridine rings is 2. The Balaban J connectivity index is 1.98. The van der Waals surface area contributed by atoms with E-state index in [-0.39, 0.29) is 27.8 Å². The predicted octanol–water partition coefficient (Wildman–Crippen LogP) is 3.76. The number of hydrogen-bond donors (Lipinski definition) is 0. The van der Waals surface area contributed by atoms with Gasteiger partial charge >= 0.3 is 6.18 Å². The molecule has 10 heteroatoms. The average Bonchev–Trinajstić information content (AvgIpc) is 3.09. The van der Waals surface area contributed by atoms with Crippen LogP contribution in [0.4, 0.5) is 13.2 Å². The molecule has 0 aliphatic rings. The smallest absolute Gasteiger partial charge is 0.243 e. The molecule has 0 radical (unpaired) electrons. The van der Waals surface area contributed by atoms with Crippen LogP contribution in [-0.4, -0.2) is 33.8 Å². The predicted molar refractivity (Wildman–Crippen MR) is 96.5 cm³/mol. The number of alkyl halides is 3. The summed E-state index contributed by atoms with van der Waals surface area (Å²) >= 11 is 0. The number of rotatable bonds is 3. The summed E-state index contributed by atoms with van der Waals surface area (Å²) in [5.41, 5.74) is -0.192. The van der Waals surface area contributed by atoms with Crippen LogP contribution < -0.4 is 0 Å². The van der Waals surface area contributed by atoms with E-state index >= 15 is 0 Å². The van der Waals surface area contributed by atoms with Gasteiger partial charge in [-0.1, -0.05) is 25.1 Å². The lowest BCUT2D eigenvalue weighted by Gasteiger charge is -2.08. The van der Waals surface area contributed by atoms with Gasteiger partial charge in [-0.2, -0.15) is 13.2 Å². The van der Waals surface area contributed by atoms with Crippen molar-refractivity contribution in [3.63, 3.8) is 0 Å². The Morgan fingerprint density at radius 2 is 1.82 bits per heavy atom. The van der Waals surface area contributed by atoms with Gasteiger partial charge in [0.2, 0.25) is 5.82 Å². The number of halogens is 3. The van der Waals surface area contributed by atoms with Crippen molar-refractivity contribution < 1.29 is 21.6 Å². The molecule has 0 bridgehead atoms. The van der Waals surface area contributed by atoms with Gasteiger partial charge in [-0.05, 0) is 24.3 Å². The van der Waals surface area contributed by atoms with Gasteiger partial charge in [0.05, 0.1) is 21.7 Å². The van der Waals surface area contributed by atoms with E-state index in [1.165, 1.54) is 19.1 Å². The SMILES string of the molecule is CCS(=O)(=O)c1cc2ccccc2nc1-c1nc2ccc(C(F)(F)F)cn2n1. The quantitative estimate of drug-likeness (QED) is 0.518. The van der Waals surface area contributed by atoms with Crippen LogP contribution in [0.3, 0.4) is 0 Å². The van der Waals surface area contributed by atoms with Gasteiger partial charge in [0, 0.05) is 11.6 Å². The van der Waals surface area contributed by atoms with E-state index in [0.717, 1.165) is 16.8 Å². The Hall–Kier alpha value is -3.01. The Kier molecular flexibility index (Phi) is 4.11. The summed E-state index contributed by atoms with van der Waals surface area (Å²) in [6.07, 6.45) is -3.72. The maximum Gasteiger partial charge on any atom is 0.417 e. The second-order valence-corrected chi connectivity index (χ2v) is 8.33. The third-order valence-electron chi connectivity index (χ3n) is 4.27. The van der Waals surface area contributed by atoms with Gasteiger partial charge in [-0.3, -0.25) is 0 Å². The van der Waals surface area contributed by atoms with Crippen LogP contribution in [0.5, 0.6) is 0 Å². The lowest BCUT2D eigenvalue weighted by Crippen LogP contribution is -2.08. The number of aromatic nitrogens is 4. The molecule has 0 saturated heterocycles. The summed E-state index contributed by atoms with van der Waals surface area (Å²) in [5.74, 6) is -0.219. The monoisotopic (exact) mass is 406 g/mol. The fourth-order valence-electron chi connectivity index (χ4n) is 2.80. The van der Waals surface area contributed by atoms with Crippen molar-refractivity contribution in [2.75, 3.05) is 5.75 Å². The summed E-state index contributed by atoms with van der Waals surface area (Å²) < 4.78 is 64.9. The van der Waals surface area contributed by atoms with Gasteiger partial charge < -0.3 is 0 Å².